The van der Waals surface area contributed by atoms with Crippen LogP contribution in [-0.4, -0.2) is 25.5 Å². The molecule has 2 nitrogen and oxygen atoms in total. The fourth-order valence-electron chi connectivity index (χ4n) is 2.65. The number of halogens is 1. The van der Waals surface area contributed by atoms with Crippen LogP contribution in [0, 0.1) is 0 Å². The minimum atomic E-state index is -2.05. The molecule has 3 heteroatoms. The molecule has 116 valence electrons. The quantitative estimate of drug-likeness (QED) is 0.778. The highest BCUT2D eigenvalue weighted by molar-refractivity contribution is 5.85. The molecule has 3 rings (SSSR count). The highest BCUT2D eigenvalue weighted by Gasteiger charge is 2.17. The van der Waals surface area contributed by atoms with Crippen LogP contribution in [0.2, 0.25) is 0 Å². The van der Waals surface area contributed by atoms with Crippen LogP contribution in [-0.2, 0) is 6.61 Å². The molecule has 1 aliphatic rings. The lowest BCUT2D eigenvalue weighted by Gasteiger charge is -2.12. The molecule has 2 aromatic rings. The SMILES string of the molecule is Cl.[2H][13C]([2H])([2H])N(C)CCC=C1c2ccccc2COc2ccccc21. The average Bonchev–Trinajstić information content (AvgIpc) is 2.72. The Kier molecular flexibility index (Phi) is 4.33. The van der Waals surface area contributed by atoms with Crippen LogP contribution in [0.5, 0.6) is 5.75 Å². The van der Waals surface area contributed by atoms with Crippen molar-refractivity contribution in [1.82, 2.24) is 4.90 Å². The molecule has 0 saturated heterocycles. The molecule has 0 spiro atoms. The molecule has 0 saturated carbocycles. The van der Waals surface area contributed by atoms with Gasteiger partial charge in [0.25, 0.3) is 0 Å². The first-order valence-corrected chi connectivity index (χ1v) is 7.19. The molecule has 0 radical (unpaired) electrons. The van der Waals surface area contributed by atoms with Crippen molar-refractivity contribution in [1.29, 1.82) is 0 Å². The zero-order valence-electron chi connectivity index (χ0n) is 15.6. The van der Waals surface area contributed by atoms with Crippen LogP contribution >= 0.6 is 12.4 Å². The molecule has 0 atom stereocenters. The van der Waals surface area contributed by atoms with Crippen LogP contribution in [0.3, 0.4) is 0 Å². The van der Waals surface area contributed by atoms with Crippen LogP contribution in [0.15, 0.2) is 54.6 Å². The second-order valence-electron chi connectivity index (χ2n) is 5.27. The van der Waals surface area contributed by atoms with Gasteiger partial charge >= 0.3 is 0 Å². The van der Waals surface area contributed by atoms with Crippen molar-refractivity contribution in [2.24, 2.45) is 0 Å². The third kappa shape index (κ3) is 3.52. The third-order valence-electron chi connectivity index (χ3n) is 3.68. The van der Waals surface area contributed by atoms with Gasteiger partial charge in [0.1, 0.15) is 12.4 Å². The smallest absolute Gasteiger partial charge is 0.127 e. The Morgan fingerprint density at radius 2 is 1.86 bits per heavy atom. The van der Waals surface area contributed by atoms with Crippen molar-refractivity contribution in [3.05, 3.63) is 71.3 Å². The Labute approximate surface area is 143 Å². The molecule has 1 heterocycles. The van der Waals surface area contributed by atoms with E-state index in [1.54, 1.807) is 7.05 Å². The molecular formula is C19H22ClNO. The second kappa shape index (κ2) is 7.48. The lowest BCUT2D eigenvalue weighted by Crippen LogP contribution is -2.12. The Bertz CT molecular complexity index is 709. The molecule has 0 bridgehead atoms. The largest absolute Gasteiger partial charge is 0.488 e. The van der Waals surface area contributed by atoms with Crippen molar-refractivity contribution >= 4 is 18.0 Å². The van der Waals surface area contributed by atoms with Crippen molar-refractivity contribution < 1.29 is 8.85 Å². The number of hydrogen-bond donors (Lipinski definition) is 0. The maximum atomic E-state index is 7.45. The number of nitrogens with zero attached hydrogens (tertiary/aromatic N) is 1. The van der Waals surface area contributed by atoms with Gasteiger partial charge in [-0.1, -0.05) is 48.5 Å². The summed E-state index contributed by atoms with van der Waals surface area (Å²) in [6, 6.07) is 16.2. The molecule has 2 aromatic carbocycles. The standard InChI is InChI=1S/C19H21NO.ClH/c1-20(2)13-7-11-17-16-9-4-3-8-15(16)14-21-19-12-6-5-10-18(17)19;/h3-6,8-12H,7,13-14H2,1-2H3;1H/i1+1D3;. The van der Waals surface area contributed by atoms with Crippen LogP contribution in [0.4, 0.5) is 0 Å². The van der Waals surface area contributed by atoms with Gasteiger partial charge in [0.05, 0.1) is 0 Å². The molecule has 0 fully saturated rings. The van der Waals surface area contributed by atoms with Gasteiger partial charge in [0.2, 0.25) is 0 Å². The number of hydrogen-bond acceptors (Lipinski definition) is 2. The van der Waals surface area contributed by atoms with Gasteiger partial charge < -0.3 is 9.64 Å². The summed E-state index contributed by atoms with van der Waals surface area (Å²) in [4.78, 5) is 1.40. The summed E-state index contributed by atoms with van der Waals surface area (Å²) < 4.78 is 28.3. The summed E-state index contributed by atoms with van der Waals surface area (Å²) in [7, 11) is 1.63. The Balaban J connectivity index is 0.00000225. The van der Waals surface area contributed by atoms with E-state index in [-0.39, 0.29) is 12.4 Å². The van der Waals surface area contributed by atoms with E-state index >= 15 is 0 Å². The van der Waals surface area contributed by atoms with Crippen molar-refractivity contribution in [3.8, 4) is 5.75 Å². The second-order valence-corrected chi connectivity index (χ2v) is 5.27. The molecule has 0 aromatic heterocycles. The monoisotopic (exact) mass is 319 g/mol. The molecule has 0 unspecified atom stereocenters. The van der Waals surface area contributed by atoms with E-state index in [9.17, 15) is 0 Å². The van der Waals surface area contributed by atoms with E-state index in [1.807, 2.05) is 30.3 Å². The summed E-state index contributed by atoms with van der Waals surface area (Å²) >= 11 is 0. The fourth-order valence-corrected chi connectivity index (χ4v) is 2.65. The first kappa shape index (κ1) is 12.7. The van der Waals surface area contributed by atoms with E-state index in [0.717, 1.165) is 28.0 Å². The van der Waals surface area contributed by atoms with Gasteiger partial charge in [-0.3, -0.25) is 0 Å². The molecule has 0 amide bonds. The number of para-hydroxylation sites is 1. The minimum Gasteiger partial charge on any atom is -0.488 e. The third-order valence-corrected chi connectivity index (χ3v) is 3.68. The zero-order valence-corrected chi connectivity index (χ0v) is 13.4. The number of ether oxygens (including phenoxy) is 1. The fraction of sp³-hybridized carbons (Fsp3) is 0.263. The lowest BCUT2D eigenvalue weighted by atomic mass is 9.93. The first-order chi connectivity index (χ1) is 11.5. The molecule has 0 N–H and O–H groups in total. The zero-order chi connectivity index (χ0) is 17.2. The molecular weight excluding hydrogens is 295 g/mol. The van der Waals surface area contributed by atoms with E-state index in [2.05, 4.69) is 24.3 Å². The topological polar surface area (TPSA) is 12.5 Å². The van der Waals surface area contributed by atoms with Gasteiger partial charge in [-0.2, -0.15) is 0 Å². The van der Waals surface area contributed by atoms with Crippen molar-refractivity contribution in [2.75, 3.05) is 20.6 Å². The Morgan fingerprint density at radius 1 is 1.14 bits per heavy atom. The van der Waals surface area contributed by atoms with Gasteiger partial charge in [-0.25, -0.2) is 0 Å². The van der Waals surface area contributed by atoms with Crippen LogP contribution in [0.1, 0.15) is 27.2 Å². The number of rotatable bonds is 3. The predicted molar refractivity (Wildman–Crippen MR) is 94.7 cm³/mol. The highest BCUT2D eigenvalue weighted by atomic mass is 35.5. The number of fused-ring (bicyclic) bond motifs is 2. The van der Waals surface area contributed by atoms with E-state index in [0.29, 0.717) is 19.6 Å². The van der Waals surface area contributed by atoms with Crippen molar-refractivity contribution in [2.45, 2.75) is 13.0 Å². The Morgan fingerprint density at radius 3 is 2.68 bits per heavy atom. The molecule has 0 aliphatic carbocycles. The maximum absolute atomic E-state index is 7.45. The summed E-state index contributed by atoms with van der Waals surface area (Å²) in [5.41, 5.74) is 4.46. The van der Waals surface area contributed by atoms with Crippen molar-refractivity contribution in [3.63, 3.8) is 0 Å². The van der Waals surface area contributed by atoms with Crippen LogP contribution < -0.4 is 4.74 Å². The highest BCUT2D eigenvalue weighted by Crippen LogP contribution is 2.36. The van der Waals surface area contributed by atoms with Gasteiger partial charge in [-0.05, 0) is 43.2 Å². The lowest BCUT2D eigenvalue weighted by molar-refractivity contribution is 0.307. The molecule has 1 aliphatic heterocycles. The van der Waals surface area contributed by atoms with Crippen LogP contribution in [0.25, 0.3) is 5.57 Å². The Hall–Kier alpha value is -1.77. The number of benzene rings is 2. The molecule has 22 heavy (non-hydrogen) atoms. The summed E-state index contributed by atoms with van der Waals surface area (Å²) in [5.74, 6) is 0.865. The predicted octanol–water partition coefficient (Wildman–Crippen LogP) is 4.38. The van der Waals surface area contributed by atoms with E-state index in [4.69, 9.17) is 8.85 Å². The summed E-state index contributed by atoms with van der Waals surface area (Å²) in [6.45, 7) is -1.04. The normalized spacial score (nSPS) is 17.2. The maximum Gasteiger partial charge on any atom is 0.127 e. The average molecular weight is 320 g/mol. The van der Waals surface area contributed by atoms with Gasteiger partial charge in [0.15, 0.2) is 0 Å². The van der Waals surface area contributed by atoms with Gasteiger partial charge in [0, 0.05) is 16.2 Å². The summed E-state index contributed by atoms with van der Waals surface area (Å²) in [5, 5.41) is 0. The van der Waals surface area contributed by atoms with E-state index in [1.165, 1.54) is 4.90 Å². The summed E-state index contributed by atoms with van der Waals surface area (Å²) in [6.07, 6.45) is 2.78. The van der Waals surface area contributed by atoms with E-state index < -0.39 is 6.98 Å². The van der Waals surface area contributed by atoms with Gasteiger partial charge in [-0.15, -0.1) is 12.4 Å². The first-order valence-electron chi connectivity index (χ1n) is 8.69. The minimum absolute atomic E-state index is 0.